The lowest BCUT2D eigenvalue weighted by Crippen LogP contribution is -2.52. The minimum atomic E-state index is -0.345. The van der Waals surface area contributed by atoms with Crippen LogP contribution in [-0.2, 0) is 0 Å². The molecule has 0 bridgehead atoms. The third kappa shape index (κ3) is 3.97. The van der Waals surface area contributed by atoms with Gasteiger partial charge in [-0.05, 0) is 25.1 Å². The zero-order chi connectivity index (χ0) is 23.3. The van der Waals surface area contributed by atoms with Crippen LogP contribution in [0.1, 0.15) is 30.0 Å². The summed E-state index contributed by atoms with van der Waals surface area (Å²) in [7, 11) is 0. The van der Waals surface area contributed by atoms with Crippen LogP contribution in [0.4, 0.5) is 17.5 Å². The van der Waals surface area contributed by atoms with Crippen molar-refractivity contribution in [3.8, 4) is 11.8 Å². The second-order valence-electron chi connectivity index (χ2n) is 7.99. The molecule has 2 N–H and O–H groups in total. The van der Waals surface area contributed by atoms with Crippen molar-refractivity contribution in [3.63, 3.8) is 0 Å². The van der Waals surface area contributed by atoms with E-state index in [-0.39, 0.29) is 61.7 Å². The fourth-order valence-electron chi connectivity index (χ4n) is 4.40. The van der Waals surface area contributed by atoms with Crippen LogP contribution in [0.2, 0.25) is 0 Å². The van der Waals surface area contributed by atoms with Crippen molar-refractivity contribution in [2.75, 3.05) is 17.2 Å². The Bertz CT molecular complexity index is 1550. The van der Waals surface area contributed by atoms with Crippen LogP contribution in [0.15, 0.2) is 47.4 Å². The minimum absolute atomic E-state index is 0. The minimum Gasteiger partial charge on any atom is -0.368 e. The van der Waals surface area contributed by atoms with Crippen molar-refractivity contribution >= 4 is 50.0 Å². The number of nitrogens with zero attached hydrogens (tertiary/aromatic N) is 8. The van der Waals surface area contributed by atoms with Crippen LogP contribution in [0, 0.1) is 30.7 Å². The molecule has 5 rings (SSSR count). The highest BCUT2D eigenvalue weighted by Crippen LogP contribution is 2.42. The van der Waals surface area contributed by atoms with Gasteiger partial charge in [-0.2, -0.15) is 42.3 Å². The van der Waals surface area contributed by atoms with Crippen molar-refractivity contribution < 1.29 is 0 Å². The number of nitriles is 1. The topological polar surface area (TPSA) is 122 Å². The van der Waals surface area contributed by atoms with Gasteiger partial charge in [0, 0.05) is 18.7 Å². The molecule has 1 aromatic carbocycles. The molecule has 12 heteroatoms. The van der Waals surface area contributed by atoms with E-state index in [1.807, 2.05) is 35.2 Å². The zero-order valence-electron chi connectivity index (χ0n) is 19.0. The van der Waals surface area contributed by atoms with Gasteiger partial charge in [0.25, 0.3) is 5.56 Å². The van der Waals surface area contributed by atoms with Gasteiger partial charge in [0.1, 0.15) is 17.1 Å². The molecule has 1 saturated heterocycles. The van der Waals surface area contributed by atoms with Crippen LogP contribution < -0.4 is 16.2 Å². The van der Waals surface area contributed by atoms with Gasteiger partial charge in [0.05, 0.1) is 24.0 Å². The molecule has 2 atom stereocenters. The maximum Gasteiger partial charge on any atom is 0.271 e. The number of fused-ring (bicyclic) bond motifs is 1. The van der Waals surface area contributed by atoms with Gasteiger partial charge in [-0.15, -0.1) is 0 Å². The molecule has 178 valence electrons. The van der Waals surface area contributed by atoms with E-state index in [9.17, 15) is 10.1 Å². The first-order chi connectivity index (χ1) is 15.9. The van der Waals surface area contributed by atoms with E-state index in [2.05, 4.69) is 27.8 Å². The molecule has 1 fully saturated rings. The quantitative estimate of drug-likeness (QED) is 0.425. The Morgan fingerprint density at radius 3 is 2.54 bits per heavy atom. The average molecular weight is 506 g/mol. The zero-order valence-corrected chi connectivity index (χ0v) is 21.0. The van der Waals surface area contributed by atoms with Crippen molar-refractivity contribution in [3.05, 3.63) is 81.4 Å². The lowest BCUT2D eigenvalue weighted by atomic mass is 9.88. The molecule has 10 nitrogen and oxygen atoms in total. The molecule has 0 radical (unpaired) electrons. The van der Waals surface area contributed by atoms with Gasteiger partial charge in [0.15, 0.2) is 11.6 Å². The summed E-state index contributed by atoms with van der Waals surface area (Å²) in [5.74, 6) is 1.11. The second kappa shape index (κ2) is 9.70. The van der Waals surface area contributed by atoms with Crippen LogP contribution in [0.3, 0.4) is 0 Å². The summed E-state index contributed by atoms with van der Waals surface area (Å²) in [6, 6.07) is 12.6. The molecule has 4 heterocycles. The predicted molar refractivity (Wildman–Crippen MR) is 143 cm³/mol. The van der Waals surface area contributed by atoms with E-state index in [0.29, 0.717) is 35.1 Å². The van der Waals surface area contributed by atoms with Gasteiger partial charge in [-0.3, -0.25) is 9.36 Å². The summed E-state index contributed by atoms with van der Waals surface area (Å²) in [6.45, 7) is 11.8. The summed E-state index contributed by atoms with van der Waals surface area (Å²) in [5, 5.41) is 14.5. The molecule has 3 aromatic heterocycles. The van der Waals surface area contributed by atoms with Gasteiger partial charge >= 0.3 is 0 Å². The predicted octanol–water partition coefficient (Wildman–Crippen LogP) is 3.01. The lowest BCUT2D eigenvalue weighted by molar-refractivity contribution is 0.300. The molecule has 0 aliphatic carbocycles. The number of rotatable bonds is 3. The normalized spacial score (nSPS) is 16.4. The Morgan fingerprint density at radius 2 is 1.91 bits per heavy atom. The molecule has 0 unspecified atom stereocenters. The van der Waals surface area contributed by atoms with Crippen molar-refractivity contribution in [1.82, 2.24) is 24.1 Å². The first-order valence-corrected chi connectivity index (χ1v) is 10.3. The highest BCUT2D eigenvalue weighted by Gasteiger charge is 2.43. The third-order valence-electron chi connectivity index (χ3n) is 5.92. The smallest absolute Gasteiger partial charge is 0.271 e. The first-order valence-electron chi connectivity index (χ1n) is 10.3. The number of nitrogens with two attached hydrogens (primary N) is 1. The largest absolute Gasteiger partial charge is 0.368 e. The van der Waals surface area contributed by atoms with Gasteiger partial charge in [-0.1, -0.05) is 25.1 Å². The molecule has 1 aliphatic heterocycles. The molecular formula is C23H23N9OS2. The standard InChI is InChI=1S/C23H19N9O.2H2S/c1-13-12-30(20-16(11-24)14(2)27-23(25)28-20)18(13)21-29-31-10-9-17(26-3)19(31)22(33)32(21)15-7-5-4-6-8-15;;/h4-10,13,18H,12H2,1-2H3,(H2,25,27,28);2*1H2/t13-,18-;;/m0../s1. The Labute approximate surface area is 215 Å². The second-order valence-corrected chi connectivity index (χ2v) is 7.99. The Morgan fingerprint density at radius 1 is 1.20 bits per heavy atom. The number of para-hydroxylation sites is 1. The van der Waals surface area contributed by atoms with E-state index in [4.69, 9.17) is 17.4 Å². The van der Waals surface area contributed by atoms with E-state index in [1.165, 1.54) is 4.52 Å². The summed E-state index contributed by atoms with van der Waals surface area (Å²) in [4.78, 5) is 27.5. The fraction of sp³-hybridized carbons (Fsp3) is 0.217. The van der Waals surface area contributed by atoms with Gasteiger partial charge in [-0.25, -0.2) is 14.3 Å². The molecule has 1 aliphatic rings. The maximum atomic E-state index is 13.7. The number of hydrogen-bond acceptors (Lipinski definition) is 7. The number of anilines is 2. The van der Waals surface area contributed by atoms with Crippen LogP contribution >= 0.6 is 27.0 Å². The molecule has 4 aromatic rings. The van der Waals surface area contributed by atoms with E-state index in [1.54, 1.807) is 23.8 Å². The average Bonchev–Trinajstić information content (AvgIpc) is 3.21. The highest BCUT2D eigenvalue weighted by atomic mass is 32.1. The summed E-state index contributed by atoms with van der Waals surface area (Å²) < 4.78 is 3.00. The van der Waals surface area contributed by atoms with Crippen molar-refractivity contribution in [2.24, 2.45) is 5.92 Å². The van der Waals surface area contributed by atoms with Gasteiger partial charge < -0.3 is 10.6 Å². The molecule has 0 spiro atoms. The molecular weight excluding hydrogens is 482 g/mol. The van der Waals surface area contributed by atoms with Crippen molar-refractivity contribution in [1.29, 1.82) is 5.26 Å². The highest BCUT2D eigenvalue weighted by molar-refractivity contribution is 7.59. The summed E-state index contributed by atoms with van der Waals surface area (Å²) in [6.07, 6.45) is 1.62. The SMILES string of the molecule is S.S.[C-]#[N+]c1ccn2nc([C@@H]3[C@@H](C)CN3c3nc(N)nc(C)c3C#N)n(-c3ccccc3)c(=O)c12. The summed E-state index contributed by atoms with van der Waals surface area (Å²) in [5.41, 5.74) is 7.50. The number of hydrogen-bond donors (Lipinski definition) is 1. The van der Waals surface area contributed by atoms with E-state index < -0.39 is 0 Å². The molecule has 35 heavy (non-hydrogen) atoms. The van der Waals surface area contributed by atoms with Crippen molar-refractivity contribution in [2.45, 2.75) is 19.9 Å². The van der Waals surface area contributed by atoms with E-state index in [0.717, 1.165) is 0 Å². The number of nitrogen functional groups attached to an aromatic ring is 1. The number of aromatic nitrogens is 5. The lowest BCUT2D eigenvalue weighted by Gasteiger charge is -2.47. The maximum absolute atomic E-state index is 13.7. The Hall–Kier alpha value is -4.00. The van der Waals surface area contributed by atoms with Crippen LogP contribution in [0.25, 0.3) is 16.0 Å². The van der Waals surface area contributed by atoms with E-state index >= 15 is 0 Å². The van der Waals surface area contributed by atoms with Crippen LogP contribution in [-0.4, -0.2) is 30.7 Å². The number of aryl methyl sites for hydroxylation is 1. The molecule has 0 amide bonds. The summed E-state index contributed by atoms with van der Waals surface area (Å²) >= 11 is 0. The van der Waals surface area contributed by atoms with Crippen LogP contribution in [0.5, 0.6) is 0 Å². The fourth-order valence-corrected chi connectivity index (χ4v) is 4.40. The monoisotopic (exact) mass is 505 g/mol. The first kappa shape index (κ1) is 25.6. The Balaban J connectivity index is 0.00000171. The molecule has 0 saturated carbocycles. The third-order valence-corrected chi connectivity index (χ3v) is 5.92. The van der Waals surface area contributed by atoms with Gasteiger partial charge in [0.2, 0.25) is 11.6 Å². The number of benzene rings is 1. The Kier molecular flexibility index (Phi) is 7.10.